The Kier molecular flexibility index (Phi) is 5.12. The van der Waals surface area contributed by atoms with Crippen molar-refractivity contribution in [1.29, 1.82) is 0 Å². The lowest BCUT2D eigenvalue weighted by Gasteiger charge is -2.15. The van der Waals surface area contributed by atoms with E-state index in [1.165, 1.54) is 0 Å². The van der Waals surface area contributed by atoms with Gasteiger partial charge in [-0.05, 0) is 43.3 Å². The minimum atomic E-state index is -0.670. The van der Waals surface area contributed by atoms with E-state index in [1.807, 2.05) is 35.0 Å². The molecule has 1 N–H and O–H groups in total. The Bertz CT molecular complexity index is 1010. The third kappa shape index (κ3) is 4.03. The van der Waals surface area contributed by atoms with Crippen molar-refractivity contribution in [2.24, 2.45) is 0 Å². The molecular formula is C22H23N3O4. The average Bonchev–Trinajstić information content (AvgIpc) is 3.37. The van der Waals surface area contributed by atoms with Crippen LogP contribution in [-0.4, -0.2) is 28.4 Å². The molecule has 3 aromatic rings. The van der Waals surface area contributed by atoms with Gasteiger partial charge in [0, 0.05) is 35.8 Å². The molecule has 2 heterocycles. The molecule has 0 aliphatic carbocycles. The van der Waals surface area contributed by atoms with Crippen LogP contribution in [0.15, 0.2) is 54.9 Å². The first-order valence-electron chi connectivity index (χ1n) is 9.52. The van der Waals surface area contributed by atoms with Gasteiger partial charge in [-0.15, -0.1) is 0 Å². The molecule has 0 unspecified atom stereocenters. The molecule has 0 bridgehead atoms. The van der Waals surface area contributed by atoms with Crippen molar-refractivity contribution in [3.05, 3.63) is 60.7 Å². The van der Waals surface area contributed by atoms with Gasteiger partial charge in [0.15, 0.2) is 17.6 Å². The van der Waals surface area contributed by atoms with Crippen LogP contribution in [0.4, 0.5) is 5.69 Å². The Morgan fingerprint density at radius 2 is 1.86 bits per heavy atom. The fourth-order valence-electron chi connectivity index (χ4n) is 3.12. The van der Waals surface area contributed by atoms with E-state index in [2.05, 4.69) is 24.1 Å². The quantitative estimate of drug-likeness (QED) is 0.682. The van der Waals surface area contributed by atoms with Crippen LogP contribution >= 0.6 is 0 Å². The molecule has 4 rings (SSSR count). The molecule has 1 aromatic heterocycles. The summed E-state index contributed by atoms with van der Waals surface area (Å²) in [4.78, 5) is 16.9. The third-order valence-electron chi connectivity index (χ3n) is 4.62. The highest BCUT2D eigenvalue weighted by Crippen LogP contribution is 2.35. The second-order valence-corrected chi connectivity index (χ2v) is 7.12. The number of anilines is 1. The van der Waals surface area contributed by atoms with Crippen LogP contribution in [0.5, 0.6) is 17.2 Å². The van der Waals surface area contributed by atoms with Crippen molar-refractivity contribution in [3.8, 4) is 22.9 Å². The topological polar surface area (TPSA) is 74.6 Å². The fourth-order valence-corrected chi connectivity index (χ4v) is 3.12. The zero-order chi connectivity index (χ0) is 20.4. The summed E-state index contributed by atoms with van der Waals surface area (Å²) < 4.78 is 18.4. The molecule has 1 aliphatic rings. The van der Waals surface area contributed by atoms with Crippen LogP contribution in [0.2, 0.25) is 0 Å². The van der Waals surface area contributed by atoms with Crippen molar-refractivity contribution < 1.29 is 19.0 Å². The number of aromatic nitrogens is 2. The van der Waals surface area contributed by atoms with E-state index in [0.717, 1.165) is 11.5 Å². The van der Waals surface area contributed by atoms with E-state index < -0.39 is 6.10 Å². The van der Waals surface area contributed by atoms with Crippen molar-refractivity contribution in [2.75, 3.05) is 12.1 Å². The van der Waals surface area contributed by atoms with E-state index in [1.54, 1.807) is 31.3 Å². The van der Waals surface area contributed by atoms with E-state index >= 15 is 0 Å². The standard InChI is InChI=1S/C22H23N3O4/c1-14(2)21-23-10-11-25(21)17-6-4-16(5-7-17)24-22(26)15(3)29-18-8-9-19-20(12-18)28-13-27-19/h4-12,14-15H,13H2,1-3H3,(H,24,26)/t15-/m1/s1. The van der Waals surface area contributed by atoms with Crippen LogP contribution in [0.1, 0.15) is 32.5 Å². The van der Waals surface area contributed by atoms with Crippen molar-refractivity contribution in [3.63, 3.8) is 0 Å². The number of fused-ring (bicyclic) bond motifs is 1. The van der Waals surface area contributed by atoms with Gasteiger partial charge < -0.3 is 24.1 Å². The number of benzene rings is 2. The largest absolute Gasteiger partial charge is 0.481 e. The van der Waals surface area contributed by atoms with Gasteiger partial charge in [-0.2, -0.15) is 0 Å². The number of hydrogen-bond acceptors (Lipinski definition) is 5. The second kappa shape index (κ2) is 7.87. The van der Waals surface area contributed by atoms with E-state index in [-0.39, 0.29) is 12.7 Å². The summed E-state index contributed by atoms with van der Waals surface area (Å²) in [6.45, 7) is 6.11. The maximum absolute atomic E-state index is 12.5. The van der Waals surface area contributed by atoms with Crippen LogP contribution in [-0.2, 0) is 4.79 Å². The maximum Gasteiger partial charge on any atom is 0.265 e. The summed E-state index contributed by atoms with van der Waals surface area (Å²) in [7, 11) is 0. The number of rotatable bonds is 6. The zero-order valence-corrected chi connectivity index (χ0v) is 16.6. The summed E-state index contributed by atoms with van der Waals surface area (Å²) in [5.41, 5.74) is 1.69. The first-order valence-corrected chi connectivity index (χ1v) is 9.52. The van der Waals surface area contributed by atoms with E-state index in [9.17, 15) is 4.79 Å². The zero-order valence-electron chi connectivity index (χ0n) is 16.6. The van der Waals surface area contributed by atoms with Gasteiger partial charge in [0.1, 0.15) is 11.6 Å². The number of nitrogens with zero attached hydrogens (tertiary/aromatic N) is 2. The molecule has 29 heavy (non-hydrogen) atoms. The van der Waals surface area contributed by atoms with Gasteiger partial charge in [0.2, 0.25) is 6.79 Å². The second-order valence-electron chi connectivity index (χ2n) is 7.12. The van der Waals surface area contributed by atoms with Crippen molar-refractivity contribution in [2.45, 2.75) is 32.8 Å². The van der Waals surface area contributed by atoms with Gasteiger partial charge in [-0.3, -0.25) is 4.79 Å². The van der Waals surface area contributed by atoms with Crippen LogP contribution in [0.25, 0.3) is 5.69 Å². The molecule has 2 aromatic carbocycles. The molecule has 7 nitrogen and oxygen atoms in total. The molecule has 0 radical (unpaired) electrons. The minimum absolute atomic E-state index is 0.197. The highest BCUT2D eigenvalue weighted by molar-refractivity contribution is 5.94. The summed E-state index contributed by atoms with van der Waals surface area (Å²) in [6.07, 6.45) is 3.06. The van der Waals surface area contributed by atoms with Gasteiger partial charge in [0.05, 0.1) is 0 Å². The lowest BCUT2D eigenvalue weighted by atomic mass is 10.2. The first-order chi connectivity index (χ1) is 14.0. The average molecular weight is 393 g/mol. The third-order valence-corrected chi connectivity index (χ3v) is 4.62. The molecule has 0 spiro atoms. The van der Waals surface area contributed by atoms with Crippen LogP contribution < -0.4 is 19.5 Å². The van der Waals surface area contributed by atoms with Gasteiger partial charge in [-0.25, -0.2) is 4.98 Å². The van der Waals surface area contributed by atoms with Crippen molar-refractivity contribution >= 4 is 11.6 Å². The lowest BCUT2D eigenvalue weighted by molar-refractivity contribution is -0.122. The predicted octanol–water partition coefficient (Wildman–Crippen LogP) is 4.13. The maximum atomic E-state index is 12.5. The van der Waals surface area contributed by atoms with Crippen LogP contribution in [0, 0.1) is 0 Å². The molecule has 1 aliphatic heterocycles. The van der Waals surface area contributed by atoms with Gasteiger partial charge in [0.25, 0.3) is 5.91 Å². The highest BCUT2D eigenvalue weighted by Gasteiger charge is 2.18. The summed E-state index contributed by atoms with van der Waals surface area (Å²) in [5.74, 6) is 2.92. The lowest BCUT2D eigenvalue weighted by Crippen LogP contribution is -2.30. The Labute approximate surface area is 169 Å². The Balaban J connectivity index is 1.39. The Morgan fingerprint density at radius 1 is 1.10 bits per heavy atom. The molecule has 1 amide bonds. The first kappa shape index (κ1) is 18.9. The minimum Gasteiger partial charge on any atom is -0.481 e. The molecule has 150 valence electrons. The molecule has 1 atom stereocenters. The van der Waals surface area contributed by atoms with Crippen LogP contribution in [0.3, 0.4) is 0 Å². The van der Waals surface area contributed by atoms with Gasteiger partial charge >= 0.3 is 0 Å². The normalized spacial score (nSPS) is 13.4. The van der Waals surface area contributed by atoms with Crippen molar-refractivity contribution in [1.82, 2.24) is 9.55 Å². The highest BCUT2D eigenvalue weighted by atomic mass is 16.7. The monoisotopic (exact) mass is 393 g/mol. The number of hydrogen-bond donors (Lipinski definition) is 1. The predicted molar refractivity (Wildman–Crippen MR) is 109 cm³/mol. The number of ether oxygens (including phenoxy) is 3. The number of amides is 1. The van der Waals surface area contributed by atoms with E-state index in [4.69, 9.17) is 14.2 Å². The Hall–Kier alpha value is -3.48. The molecule has 0 saturated heterocycles. The van der Waals surface area contributed by atoms with Gasteiger partial charge in [-0.1, -0.05) is 13.8 Å². The summed E-state index contributed by atoms with van der Waals surface area (Å²) in [6, 6.07) is 12.9. The fraction of sp³-hybridized carbons (Fsp3) is 0.273. The van der Waals surface area contributed by atoms with E-state index in [0.29, 0.717) is 28.9 Å². The Morgan fingerprint density at radius 3 is 2.62 bits per heavy atom. The number of carbonyl (C=O) groups is 1. The molecule has 0 saturated carbocycles. The smallest absolute Gasteiger partial charge is 0.265 e. The molecule has 0 fully saturated rings. The summed E-state index contributed by atoms with van der Waals surface area (Å²) >= 11 is 0. The number of imidazole rings is 1. The molecular weight excluding hydrogens is 370 g/mol. The SMILES string of the molecule is CC(C)c1nccn1-c1ccc(NC(=O)[C@@H](C)Oc2ccc3c(c2)OCO3)cc1. The summed E-state index contributed by atoms with van der Waals surface area (Å²) in [5, 5.41) is 2.88. The number of nitrogens with one attached hydrogen (secondary N) is 1. The molecule has 7 heteroatoms. The number of carbonyl (C=O) groups excluding carboxylic acids is 1.